The van der Waals surface area contributed by atoms with Crippen LogP contribution in [-0.4, -0.2) is 54.7 Å². The monoisotopic (exact) mass is 483 g/mol. The van der Waals surface area contributed by atoms with Crippen LogP contribution in [0.25, 0.3) is 10.4 Å². The van der Waals surface area contributed by atoms with Crippen LogP contribution in [0.15, 0.2) is 47.2 Å². The van der Waals surface area contributed by atoms with Gasteiger partial charge in [-0.2, -0.15) is 0 Å². The van der Waals surface area contributed by atoms with Crippen LogP contribution in [0.3, 0.4) is 0 Å². The summed E-state index contributed by atoms with van der Waals surface area (Å²) in [5.41, 5.74) is 2.77. The second-order valence-electron chi connectivity index (χ2n) is 10.0. The Morgan fingerprint density at radius 3 is 2.65 bits per heavy atom. The quantitative estimate of drug-likeness (QED) is 0.618. The van der Waals surface area contributed by atoms with Gasteiger partial charge < -0.3 is 24.3 Å². The summed E-state index contributed by atoms with van der Waals surface area (Å²) >= 11 is 1.65. The third-order valence-electron chi connectivity index (χ3n) is 5.93. The number of amides is 1. The SMILES string of the molecule is COC1=CC2CCn3c(C(=O)OC(C)(C)C)cc(-c4cccs4)c3C2C=C1NC(=O)CN(C)C. The molecule has 3 heterocycles. The Labute approximate surface area is 205 Å². The van der Waals surface area contributed by atoms with Gasteiger partial charge in [-0.15, -0.1) is 11.3 Å². The van der Waals surface area contributed by atoms with Crippen molar-refractivity contribution in [3.05, 3.63) is 58.6 Å². The molecule has 8 heteroatoms. The van der Waals surface area contributed by atoms with Gasteiger partial charge in [0.1, 0.15) is 17.1 Å². The van der Waals surface area contributed by atoms with E-state index in [-0.39, 0.29) is 30.3 Å². The fourth-order valence-corrected chi connectivity index (χ4v) is 5.40. The van der Waals surface area contributed by atoms with E-state index in [0.29, 0.717) is 23.7 Å². The lowest BCUT2D eigenvalue weighted by molar-refractivity contribution is -0.121. The molecule has 182 valence electrons. The number of rotatable bonds is 6. The van der Waals surface area contributed by atoms with E-state index >= 15 is 0 Å². The van der Waals surface area contributed by atoms with E-state index in [1.165, 1.54) is 0 Å². The molecular formula is C26H33N3O4S. The highest BCUT2D eigenvalue weighted by Gasteiger charge is 2.37. The topological polar surface area (TPSA) is 72.8 Å². The molecule has 1 amide bonds. The fourth-order valence-electron chi connectivity index (χ4n) is 4.65. The second kappa shape index (κ2) is 9.43. The zero-order valence-corrected chi connectivity index (χ0v) is 21.5. The number of likely N-dealkylation sites (N-methyl/N-ethyl adjacent to an activating group) is 1. The second-order valence-corrected chi connectivity index (χ2v) is 11.0. The van der Waals surface area contributed by atoms with Gasteiger partial charge in [0, 0.05) is 28.6 Å². The van der Waals surface area contributed by atoms with Gasteiger partial charge in [0.15, 0.2) is 0 Å². The van der Waals surface area contributed by atoms with Crippen LogP contribution < -0.4 is 5.32 Å². The standard InChI is InChI=1S/C26H33N3O4S/c1-26(2,3)33-25(31)20-14-18(22-8-7-11-34-22)24-17-13-19(27-23(30)15-28(4)5)21(32-6)12-16(17)9-10-29(20)24/h7-8,11-14,16-17H,9-10,15H2,1-6H3,(H,27,30). The Morgan fingerprint density at radius 2 is 2.03 bits per heavy atom. The van der Waals surface area contributed by atoms with Crippen molar-refractivity contribution in [2.24, 2.45) is 5.92 Å². The number of carbonyl (C=O) groups excluding carboxylic acids is 2. The number of thiophene rings is 1. The molecule has 0 aromatic carbocycles. The fraction of sp³-hybridized carbons (Fsp3) is 0.462. The first kappa shape index (κ1) is 24.3. The molecule has 0 radical (unpaired) electrons. The van der Waals surface area contributed by atoms with E-state index < -0.39 is 5.60 Å². The number of hydrogen-bond acceptors (Lipinski definition) is 6. The molecule has 1 aliphatic carbocycles. The average molecular weight is 484 g/mol. The van der Waals surface area contributed by atoms with Crippen LogP contribution in [0.1, 0.15) is 49.3 Å². The van der Waals surface area contributed by atoms with E-state index in [1.54, 1.807) is 18.4 Å². The van der Waals surface area contributed by atoms with Crippen molar-refractivity contribution in [3.63, 3.8) is 0 Å². The Hall–Kier alpha value is -2.84. The summed E-state index contributed by atoms with van der Waals surface area (Å²) in [6.07, 6.45) is 5.05. The van der Waals surface area contributed by atoms with Crippen LogP contribution >= 0.6 is 11.3 Å². The maximum atomic E-state index is 13.1. The molecule has 34 heavy (non-hydrogen) atoms. The lowest BCUT2D eigenvalue weighted by Gasteiger charge is -2.35. The summed E-state index contributed by atoms with van der Waals surface area (Å²) < 4.78 is 13.5. The number of nitrogens with zero attached hydrogens (tertiary/aromatic N) is 2. The van der Waals surface area contributed by atoms with Crippen molar-refractivity contribution in [2.45, 2.75) is 45.3 Å². The average Bonchev–Trinajstić information content (AvgIpc) is 3.39. The number of nitrogens with one attached hydrogen (secondary N) is 1. The van der Waals surface area contributed by atoms with Gasteiger partial charge in [-0.25, -0.2) is 4.79 Å². The van der Waals surface area contributed by atoms with Crippen molar-refractivity contribution in [1.29, 1.82) is 0 Å². The number of fused-ring (bicyclic) bond motifs is 3. The molecule has 0 spiro atoms. The van der Waals surface area contributed by atoms with Gasteiger partial charge in [-0.3, -0.25) is 4.79 Å². The van der Waals surface area contributed by atoms with E-state index in [9.17, 15) is 9.59 Å². The number of methoxy groups -OCH3 is 1. The van der Waals surface area contributed by atoms with E-state index in [4.69, 9.17) is 9.47 Å². The van der Waals surface area contributed by atoms with Gasteiger partial charge in [-0.1, -0.05) is 6.07 Å². The van der Waals surface area contributed by atoms with Crippen LogP contribution in [0.4, 0.5) is 0 Å². The maximum absolute atomic E-state index is 13.1. The molecule has 7 nitrogen and oxygen atoms in total. The zero-order chi connectivity index (χ0) is 24.6. The van der Waals surface area contributed by atoms with Crippen LogP contribution in [0.2, 0.25) is 0 Å². The van der Waals surface area contributed by atoms with Gasteiger partial charge in [0.25, 0.3) is 0 Å². The third kappa shape index (κ3) is 4.98. The normalized spacial score (nSPS) is 19.6. The van der Waals surface area contributed by atoms with Gasteiger partial charge >= 0.3 is 5.97 Å². The zero-order valence-electron chi connectivity index (χ0n) is 20.7. The highest BCUT2D eigenvalue weighted by atomic mass is 32.1. The molecule has 0 saturated carbocycles. The van der Waals surface area contributed by atoms with Crippen molar-refractivity contribution < 1.29 is 19.1 Å². The lowest BCUT2D eigenvalue weighted by Crippen LogP contribution is -2.36. The Kier molecular flexibility index (Phi) is 6.73. The van der Waals surface area contributed by atoms with Crippen LogP contribution in [0, 0.1) is 5.92 Å². The van der Waals surface area contributed by atoms with E-state index in [1.807, 2.05) is 57.3 Å². The molecule has 1 N–H and O–H groups in total. The number of allylic oxidation sites excluding steroid dienone is 2. The number of carbonyl (C=O) groups is 2. The van der Waals surface area contributed by atoms with Gasteiger partial charge in [-0.05, 0) is 76.9 Å². The first-order valence-electron chi connectivity index (χ1n) is 11.5. The molecule has 1 aliphatic heterocycles. The molecule has 0 fully saturated rings. The minimum absolute atomic E-state index is 0.00408. The van der Waals surface area contributed by atoms with Crippen LogP contribution in [-0.2, 0) is 20.8 Å². The highest BCUT2D eigenvalue weighted by Crippen LogP contribution is 2.46. The van der Waals surface area contributed by atoms with Crippen molar-refractivity contribution in [1.82, 2.24) is 14.8 Å². The van der Waals surface area contributed by atoms with Gasteiger partial charge in [0.2, 0.25) is 5.91 Å². The maximum Gasteiger partial charge on any atom is 0.355 e. The molecule has 2 unspecified atom stereocenters. The summed E-state index contributed by atoms with van der Waals surface area (Å²) in [4.78, 5) is 28.6. The number of hydrogen-bond donors (Lipinski definition) is 1. The molecular weight excluding hydrogens is 450 g/mol. The molecule has 2 aromatic heterocycles. The predicted molar refractivity (Wildman–Crippen MR) is 134 cm³/mol. The van der Waals surface area contributed by atoms with E-state index in [0.717, 1.165) is 22.6 Å². The van der Waals surface area contributed by atoms with E-state index in [2.05, 4.69) is 28.1 Å². The molecule has 0 saturated heterocycles. The van der Waals surface area contributed by atoms with Crippen molar-refractivity contribution in [2.75, 3.05) is 27.7 Å². The summed E-state index contributed by atoms with van der Waals surface area (Å²) in [6, 6.07) is 6.06. The predicted octanol–water partition coefficient (Wildman–Crippen LogP) is 4.38. The Balaban J connectivity index is 1.79. The highest BCUT2D eigenvalue weighted by molar-refractivity contribution is 7.13. The smallest absolute Gasteiger partial charge is 0.355 e. The molecule has 2 atom stereocenters. The number of esters is 1. The minimum Gasteiger partial charge on any atom is -0.495 e. The molecule has 2 aromatic rings. The minimum atomic E-state index is -0.577. The summed E-state index contributed by atoms with van der Waals surface area (Å²) in [5.74, 6) is 0.463. The molecule has 4 rings (SSSR count). The number of aromatic nitrogens is 1. The van der Waals surface area contributed by atoms with Gasteiger partial charge in [0.05, 0.1) is 19.4 Å². The number of ether oxygens (including phenoxy) is 2. The Bertz CT molecular complexity index is 1140. The third-order valence-corrected chi connectivity index (χ3v) is 6.83. The molecule has 2 aliphatic rings. The Morgan fingerprint density at radius 1 is 1.26 bits per heavy atom. The summed E-state index contributed by atoms with van der Waals surface area (Å²) in [5, 5.41) is 5.06. The molecule has 0 bridgehead atoms. The van der Waals surface area contributed by atoms with Crippen LogP contribution in [0.5, 0.6) is 0 Å². The largest absolute Gasteiger partial charge is 0.495 e. The first-order valence-corrected chi connectivity index (χ1v) is 12.4. The first-order chi connectivity index (χ1) is 16.1. The lowest BCUT2D eigenvalue weighted by atomic mass is 9.79. The summed E-state index contributed by atoms with van der Waals surface area (Å²) in [6.45, 7) is 6.63. The summed E-state index contributed by atoms with van der Waals surface area (Å²) in [7, 11) is 5.34. The van der Waals surface area contributed by atoms with Crippen molar-refractivity contribution in [3.8, 4) is 10.4 Å². The van der Waals surface area contributed by atoms with Crippen molar-refractivity contribution >= 4 is 23.2 Å².